The van der Waals surface area contributed by atoms with Gasteiger partial charge in [-0.3, -0.25) is 0 Å². The molecule has 0 saturated carbocycles. The summed E-state index contributed by atoms with van der Waals surface area (Å²) in [6.45, 7) is 1.50. The summed E-state index contributed by atoms with van der Waals surface area (Å²) < 4.78 is 5.32. The van der Waals surface area contributed by atoms with E-state index in [1.54, 1.807) is 0 Å². The van der Waals surface area contributed by atoms with E-state index in [4.69, 9.17) is 10.4 Å². The molecule has 0 saturated heterocycles. The maximum atomic E-state index is 5.47. The third-order valence-corrected chi connectivity index (χ3v) is 2.22. The lowest BCUT2D eigenvalue weighted by Crippen LogP contribution is -2.13. The molecule has 0 bridgehead atoms. The van der Waals surface area contributed by atoms with Crippen LogP contribution in [0.3, 0.4) is 0 Å². The zero-order valence-corrected chi connectivity index (χ0v) is 7.05. The van der Waals surface area contributed by atoms with Crippen molar-refractivity contribution in [3.63, 3.8) is 0 Å². The van der Waals surface area contributed by atoms with Crippen molar-refractivity contribution in [1.29, 1.82) is 0 Å². The van der Waals surface area contributed by atoms with E-state index in [9.17, 15) is 0 Å². The highest BCUT2D eigenvalue weighted by atomic mass is 16.4. The molecule has 1 aliphatic rings. The van der Waals surface area contributed by atoms with Crippen molar-refractivity contribution in [3.05, 3.63) is 29.3 Å². The summed E-state index contributed by atoms with van der Waals surface area (Å²) in [7, 11) is 0.772. The molecule has 0 aliphatic carbocycles. The monoisotopic (exact) mass is 161 g/mol. The quantitative estimate of drug-likeness (QED) is 0.604. The fraction of sp³-hybridized carbons (Fsp3) is 0.333. The first-order chi connectivity index (χ1) is 5.90. The van der Waals surface area contributed by atoms with Crippen molar-refractivity contribution in [1.82, 2.24) is 0 Å². The van der Waals surface area contributed by atoms with E-state index in [0.29, 0.717) is 0 Å². The van der Waals surface area contributed by atoms with Crippen molar-refractivity contribution < 1.29 is 4.65 Å². The van der Waals surface area contributed by atoms with Gasteiger partial charge in [0, 0.05) is 0 Å². The number of nitrogens with two attached hydrogens (primary N) is 1. The lowest BCUT2D eigenvalue weighted by Gasteiger charge is -2.01. The molecule has 0 aromatic heterocycles. The second kappa shape index (κ2) is 3.29. The summed E-state index contributed by atoms with van der Waals surface area (Å²) in [5.74, 6) is 0. The Morgan fingerprint density at radius 1 is 1.50 bits per heavy atom. The Morgan fingerprint density at radius 2 is 2.42 bits per heavy atom. The minimum absolute atomic E-state index is 0.722. The Morgan fingerprint density at radius 3 is 3.25 bits per heavy atom. The summed E-state index contributed by atoms with van der Waals surface area (Å²) in [5, 5.41) is 0. The number of benzene rings is 1. The van der Waals surface area contributed by atoms with Gasteiger partial charge in [0.15, 0.2) is 0 Å². The molecule has 1 aromatic carbocycles. The first-order valence-corrected chi connectivity index (χ1v) is 4.28. The van der Waals surface area contributed by atoms with E-state index in [1.807, 2.05) is 0 Å². The molecule has 0 amide bonds. The van der Waals surface area contributed by atoms with Gasteiger partial charge in [0.05, 0.1) is 6.61 Å². The minimum atomic E-state index is 0.722. The van der Waals surface area contributed by atoms with Crippen molar-refractivity contribution in [2.75, 3.05) is 6.54 Å². The van der Waals surface area contributed by atoms with E-state index in [2.05, 4.69) is 18.2 Å². The molecule has 1 heterocycles. The third-order valence-electron chi connectivity index (χ3n) is 2.22. The smallest absolute Gasteiger partial charge is 0.309 e. The van der Waals surface area contributed by atoms with E-state index in [0.717, 1.165) is 27.1 Å². The Bertz CT molecular complexity index is 288. The summed E-state index contributed by atoms with van der Waals surface area (Å²) in [6.07, 6.45) is 0.966. The SMILES string of the molecule is NCCc1ccc2c(c1)BOC2. The van der Waals surface area contributed by atoms with Crippen LogP contribution in [0.5, 0.6) is 0 Å². The molecule has 0 unspecified atom stereocenters. The molecular formula is C9H12BNO. The van der Waals surface area contributed by atoms with Crippen LogP contribution in [-0.4, -0.2) is 14.0 Å². The molecule has 2 nitrogen and oxygen atoms in total. The predicted octanol–water partition coefficient (Wildman–Crippen LogP) is -0.305. The molecule has 12 heavy (non-hydrogen) atoms. The fourth-order valence-corrected chi connectivity index (χ4v) is 1.55. The Balaban J connectivity index is 2.26. The van der Waals surface area contributed by atoms with Crippen molar-refractivity contribution >= 4 is 12.9 Å². The molecule has 1 aromatic rings. The largest absolute Gasteiger partial charge is 0.430 e. The maximum Gasteiger partial charge on any atom is 0.309 e. The van der Waals surface area contributed by atoms with Crippen LogP contribution in [0.25, 0.3) is 0 Å². The molecule has 2 rings (SSSR count). The topological polar surface area (TPSA) is 35.2 Å². The highest BCUT2D eigenvalue weighted by Crippen LogP contribution is 2.08. The Hall–Kier alpha value is -0.795. The van der Waals surface area contributed by atoms with E-state index < -0.39 is 0 Å². The average Bonchev–Trinajstić information content (AvgIpc) is 2.51. The van der Waals surface area contributed by atoms with Crippen molar-refractivity contribution in [2.45, 2.75) is 13.0 Å². The van der Waals surface area contributed by atoms with Crippen LogP contribution in [0.1, 0.15) is 11.1 Å². The summed E-state index contributed by atoms with van der Waals surface area (Å²) in [4.78, 5) is 0. The Kier molecular flexibility index (Phi) is 2.15. The molecule has 0 atom stereocenters. The number of hydrogen-bond donors (Lipinski definition) is 1. The average molecular weight is 161 g/mol. The van der Waals surface area contributed by atoms with Crippen LogP contribution < -0.4 is 11.2 Å². The number of rotatable bonds is 2. The van der Waals surface area contributed by atoms with Crippen LogP contribution in [0.15, 0.2) is 18.2 Å². The van der Waals surface area contributed by atoms with E-state index in [1.165, 1.54) is 16.6 Å². The van der Waals surface area contributed by atoms with Gasteiger partial charge in [-0.05, 0) is 29.6 Å². The third kappa shape index (κ3) is 1.38. The summed E-state index contributed by atoms with van der Waals surface area (Å²) in [5.41, 5.74) is 9.46. The van der Waals surface area contributed by atoms with Gasteiger partial charge >= 0.3 is 7.48 Å². The van der Waals surface area contributed by atoms with Crippen LogP contribution >= 0.6 is 0 Å². The lowest BCUT2D eigenvalue weighted by atomic mass is 9.86. The van der Waals surface area contributed by atoms with Crippen LogP contribution in [0.2, 0.25) is 0 Å². The zero-order valence-electron chi connectivity index (χ0n) is 7.05. The van der Waals surface area contributed by atoms with Crippen molar-refractivity contribution in [3.8, 4) is 0 Å². The van der Waals surface area contributed by atoms with Gasteiger partial charge in [-0.15, -0.1) is 0 Å². The van der Waals surface area contributed by atoms with Crippen molar-refractivity contribution in [2.24, 2.45) is 5.73 Å². The van der Waals surface area contributed by atoms with Gasteiger partial charge in [-0.25, -0.2) is 0 Å². The first kappa shape index (κ1) is 7.83. The maximum absolute atomic E-state index is 5.47. The second-order valence-corrected chi connectivity index (χ2v) is 3.13. The van der Waals surface area contributed by atoms with Gasteiger partial charge in [0.25, 0.3) is 0 Å². The second-order valence-electron chi connectivity index (χ2n) is 3.13. The highest BCUT2D eigenvalue weighted by Gasteiger charge is 2.12. The molecule has 1 aliphatic heterocycles. The molecular weight excluding hydrogens is 149 g/mol. The minimum Gasteiger partial charge on any atom is -0.430 e. The standard InChI is InChI=1S/C9H12BNO/c11-4-3-7-1-2-8-6-12-10-9(8)5-7/h1-2,5,10H,3-4,6,11H2. The zero-order chi connectivity index (χ0) is 8.39. The van der Waals surface area contributed by atoms with Crippen LogP contribution in [-0.2, 0) is 17.7 Å². The van der Waals surface area contributed by atoms with Crippen LogP contribution in [0.4, 0.5) is 0 Å². The summed E-state index contributed by atoms with van der Waals surface area (Å²) in [6, 6.07) is 6.49. The highest BCUT2D eigenvalue weighted by molar-refractivity contribution is 6.48. The molecule has 0 fully saturated rings. The molecule has 3 heteroatoms. The van der Waals surface area contributed by atoms with Gasteiger partial charge in [0.1, 0.15) is 0 Å². The molecule has 2 N–H and O–H groups in total. The van der Waals surface area contributed by atoms with E-state index in [-0.39, 0.29) is 0 Å². The predicted molar refractivity (Wildman–Crippen MR) is 50.8 cm³/mol. The molecule has 0 radical (unpaired) electrons. The van der Waals surface area contributed by atoms with Gasteiger partial charge in [-0.1, -0.05) is 18.2 Å². The first-order valence-electron chi connectivity index (χ1n) is 4.28. The number of hydrogen-bond acceptors (Lipinski definition) is 2. The van der Waals surface area contributed by atoms with Gasteiger partial charge < -0.3 is 10.4 Å². The Labute approximate surface area is 73.0 Å². The van der Waals surface area contributed by atoms with Gasteiger partial charge in [-0.2, -0.15) is 0 Å². The van der Waals surface area contributed by atoms with E-state index >= 15 is 0 Å². The normalized spacial score (nSPS) is 14.1. The number of fused-ring (bicyclic) bond motifs is 1. The molecule has 0 spiro atoms. The fourth-order valence-electron chi connectivity index (χ4n) is 1.55. The van der Waals surface area contributed by atoms with Crippen LogP contribution in [0, 0.1) is 0 Å². The lowest BCUT2D eigenvalue weighted by molar-refractivity contribution is 0.345. The molecule has 62 valence electrons. The summed E-state index contributed by atoms with van der Waals surface area (Å²) >= 11 is 0. The van der Waals surface area contributed by atoms with Gasteiger partial charge in [0.2, 0.25) is 0 Å².